The predicted molar refractivity (Wildman–Crippen MR) is 108 cm³/mol. The van der Waals surface area contributed by atoms with Gasteiger partial charge in [0.1, 0.15) is 23.8 Å². The van der Waals surface area contributed by atoms with E-state index in [9.17, 15) is 9.59 Å². The van der Waals surface area contributed by atoms with E-state index < -0.39 is 0 Å². The lowest BCUT2D eigenvalue weighted by atomic mass is 10.2. The topological polar surface area (TPSA) is 77.1 Å². The van der Waals surface area contributed by atoms with Gasteiger partial charge in [-0.25, -0.2) is 0 Å². The molecule has 150 valence electrons. The molecule has 0 fully saturated rings. The van der Waals surface area contributed by atoms with Gasteiger partial charge in [-0.05, 0) is 50.2 Å². The summed E-state index contributed by atoms with van der Waals surface area (Å²) in [4.78, 5) is 26.0. The number of nitrogens with zero attached hydrogens (tertiary/aromatic N) is 1. The number of rotatable bonds is 8. The molecule has 0 aromatic heterocycles. The molecule has 0 saturated carbocycles. The van der Waals surface area contributed by atoms with Crippen molar-refractivity contribution in [3.05, 3.63) is 42.5 Å². The number of hydrogen-bond donors (Lipinski definition) is 1. The summed E-state index contributed by atoms with van der Waals surface area (Å²) in [6, 6.07) is 12.1. The largest absolute Gasteiger partial charge is 0.497 e. The van der Waals surface area contributed by atoms with Crippen molar-refractivity contribution in [2.24, 2.45) is 0 Å². The number of carbonyl (C=O) groups excluding carboxylic acids is 2. The van der Waals surface area contributed by atoms with Crippen LogP contribution in [0.5, 0.6) is 17.2 Å². The van der Waals surface area contributed by atoms with Crippen LogP contribution in [0.3, 0.4) is 0 Å². The van der Waals surface area contributed by atoms with E-state index in [0.29, 0.717) is 22.9 Å². The average molecular weight is 386 g/mol. The summed E-state index contributed by atoms with van der Waals surface area (Å²) in [7, 11) is 3.04. The van der Waals surface area contributed by atoms with E-state index in [1.54, 1.807) is 49.6 Å². The Morgan fingerprint density at radius 2 is 1.64 bits per heavy atom. The average Bonchev–Trinajstić information content (AvgIpc) is 2.66. The molecule has 0 bridgehead atoms. The Balaban J connectivity index is 2.12. The second-order valence-corrected chi connectivity index (χ2v) is 6.38. The molecule has 0 radical (unpaired) electrons. The van der Waals surface area contributed by atoms with Crippen LogP contribution in [0, 0.1) is 0 Å². The van der Waals surface area contributed by atoms with Crippen LogP contribution in [0.4, 0.5) is 11.4 Å². The van der Waals surface area contributed by atoms with E-state index in [1.165, 1.54) is 18.9 Å². The number of amides is 2. The summed E-state index contributed by atoms with van der Waals surface area (Å²) < 4.78 is 16.1. The molecule has 2 aromatic carbocycles. The molecule has 2 amide bonds. The highest BCUT2D eigenvalue weighted by Gasteiger charge is 2.20. The van der Waals surface area contributed by atoms with Crippen molar-refractivity contribution in [1.82, 2.24) is 0 Å². The van der Waals surface area contributed by atoms with Gasteiger partial charge in [0.25, 0.3) is 0 Å². The van der Waals surface area contributed by atoms with Crippen molar-refractivity contribution in [3.8, 4) is 17.2 Å². The standard InChI is InChI=1S/C21H26N2O5/c1-14(2)28-17-8-6-16(7-9-17)22-21(25)13-23(15(3)24)19-11-10-18(26-4)12-20(19)27-5/h6-12,14H,13H2,1-5H3,(H,22,25). The summed E-state index contributed by atoms with van der Waals surface area (Å²) >= 11 is 0. The number of anilines is 2. The summed E-state index contributed by atoms with van der Waals surface area (Å²) in [5, 5.41) is 2.78. The van der Waals surface area contributed by atoms with Gasteiger partial charge < -0.3 is 19.5 Å². The second kappa shape index (κ2) is 9.64. The van der Waals surface area contributed by atoms with Crippen LogP contribution in [0.1, 0.15) is 20.8 Å². The van der Waals surface area contributed by atoms with E-state index in [4.69, 9.17) is 14.2 Å². The first-order chi connectivity index (χ1) is 13.3. The smallest absolute Gasteiger partial charge is 0.244 e. The lowest BCUT2D eigenvalue weighted by Gasteiger charge is -2.23. The molecule has 0 aliphatic carbocycles. The molecule has 7 heteroatoms. The summed E-state index contributed by atoms with van der Waals surface area (Å²) in [6.07, 6.45) is 0.0732. The summed E-state index contributed by atoms with van der Waals surface area (Å²) in [5.74, 6) is 1.15. The predicted octanol–water partition coefficient (Wildman–Crippen LogP) is 3.48. The molecule has 0 heterocycles. The number of hydrogen-bond acceptors (Lipinski definition) is 5. The number of ether oxygens (including phenoxy) is 3. The molecule has 7 nitrogen and oxygen atoms in total. The monoisotopic (exact) mass is 386 g/mol. The van der Waals surface area contributed by atoms with Crippen molar-refractivity contribution < 1.29 is 23.8 Å². The van der Waals surface area contributed by atoms with Crippen LogP contribution in [0.2, 0.25) is 0 Å². The van der Waals surface area contributed by atoms with Crippen molar-refractivity contribution in [3.63, 3.8) is 0 Å². The lowest BCUT2D eigenvalue weighted by molar-refractivity contribution is -0.120. The Labute approximate surface area is 165 Å². The minimum atomic E-state index is -0.328. The third kappa shape index (κ3) is 5.64. The Bertz CT molecular complexity index is 818. The van der Waals surface area contributed by atoms with E-state index in [0.717, 1.165) is 5.75 Å². The van der Waals surface area contributed by atoms with Crippen molar-refractivity contribution in [1.29, 1.82) is 0 Å². The van der Waals surface area contributed by atoms with Crippen LogP contribution in [0.25, 0.3) is 0 Å². The molecule has 0 aliphatic rings. The fourth-order valence-electron chi connectivity index (χ4n) is 2.61. The van der Waals surface area contributed by atoms with Crippen molar-refractivity contribution in [2.45, 2.75) is 26.9 Å². The molecule has 28 heavy (non-hydrogen) atoms. The first kappa shape index (κ1) is 21.1. The Morgan fingerprint density at radius 1 is 1.00 bits per heavy atom. The first-order valence-electron chi connectivity index (χ1n) is 8.90. The maximum atomic E-state index is 12.5. The van der Waals surface area contributed by atoms with Gasteiger partial charge in [0.2, 0.25) is 11.8 Å². The second-order valence-electron chi connectivity index (χ2n) is 6.38. The molecule has 0 spiro atoms. The van der Waals surface area contributed by atoms with Crippen molar-refractivity contribution in [2.75, 3.05) is 31.0 Å². The normalized spacial score (nSPS) is 10.4. The third-order valence-corrected chi connectivity index (χ3v) is 3.87. The molecule has 0 atom stereocenters. The first-order valence-corrected chi connectivity index (χ1v) is 8.90. The number of carbonyl (C=O) groups is 2. The van der Waals surface area contributed by atoms with Gasteiger partial charge in [-0.1, -0.05) is 0 Å². The van der Waals surface area contributed by atoms with Gasteiger partial charge in [-0.2, -0.15) is 0 Å². The zero-order chi connectivity index (χ0) is 20.7. The summed E-state index contributed by atoms with van der Waals surface area (Å²) in [5.41, 5.74) is 1.11. The highest BCUT2D eigenvalue weighted by Crippen LogP contribution is 2.32. The summed E-state index contributed by atoms with van der Waals surface area (Å²) in [6.45, 7) is 5.14. The van der Waals surface area contributed by atoms with Crippen molar-refractivity contribution >= 4 is 23.2 Å². The zero-order valence-electron chi connectivity index (χ0n) is 16.8. The molecular formula is C21H26N2O5. The number of nitrogens with one attached hydrogen (secondary N) is 1. The maximum Gasteiger partial charge on any atom is 0.244 e. The van der Waals surface area contributed by atoms with Gasteiger partial charge in [0.05, 0.1) is 26.0 Å². The highest BCUT2D eigenvalue weighted by molar-refractivity contribution is 6.02. The zero-order valence-corrected chi connectivity index (χ0v) is 16.8. The molecule has 0 unspecified atom stereocenters. The Kier molecular flexibility index (Phi) is 7.26. The number of methoxy groups -OCH3 is 2. The SMILES string of the molecule is COc1ccc(N(CC(=O)Nc2ccc(OC(C)C)cc2)C(C)=O)c(OC)c1. The Morgan fingerprint density at radius 3 is 2.18 bits per heavy atom. The van der Waals surface area contributed by atoms with Gasteiger partial charge in [0.15, 0.2) is 0 Å². The highest BCUT2D eigenvalue weighted by atomic mass is 16.5. The van der Waals surface area contributed by atoms with E-state index in [1.807, 2.05) is 13.8 Å². The molecule has 0 aliphatic heterocycles. The Hall–Kier alpha value is -3.22. The minimum absolute atomic E-state index is 0.0732. The van der Waals surface area contributed by atoms with E-state index in [-0.39, 0.29) is 24.5 Å². The molecular weight excluding hydrogens is 360 g/mol. The van der Waals surface area contributed by atoms with Gasteiger partial charge in [0, 0.05) is 18.7 Å². The van der Waals surface area contributed by atoms with E-state index in [2.05, 4.69) is 5.32 Å². The fourth-order valence-corrected chi connectivity index (χ4v) is 2.61. The third-order valence-electron chi connectivity index (χ3n) is 3.87. The number of benzene rings is 2. The van der Waals surface area contributed by atoms with E-state index >= 15 is 0 Å². The molecule has 2 aromatic rings. The van der Waals surface area contributed by atoms with Crippen LogP contribution < -0.4 is 24.4 Å². The lowest BCUT2D eigenvalue weighted by Crippen LogP contribution is -2.36. The van der Waals surface area contributed by atoms with Crippen LogP contribution in [-0.2, 0) is 9.59 Å². The molecule has 1 N–H and O–H groups in total. The van der Waals surface area contributed by atoms with Crippen LogP contribution in [0.15, 0.2) is 42.5 Å². The van der Waals surface area contributed by atoms with Crippen LogP contribution >= 0.6 is 0 Å². The minimum Gasteiger partial charge on any atom is -0.497 e. The molecule has 0 saturated heterocycles. The van der Waals surface area contributed by atoms with Crippen LogP contribution in [-0.4, -0.2) is 38.7 Å². The molecule has 2 rings (SSSR count). The quantitative estimate of drug-likeness (QED) is 0.752. The fraction of sp³-hybridized carbons (Fsp3) is 0.333. The van der Waals surface area contributed by atoms with Gasteiger partial charge in [-0.3, -0.25) is 14.5 Å². The van der Waals surface area contributed by atoms with Gasteiger partial charge >= 0.3 is 0 Å². The van der Waals surface area contributed by atoms with Gasteiger partial charge in [-0.15, -0.1) is 0 Å². The maximum absolute atomic E-state index is 12.5.